The molecule has 0 N–H and O–H groups in total. The number of sulfone groups is 2. The first kappa shape index (κ1) is 17.6. The Morgan fingerprint density at radius 2 is 1.27 bits per heavy atom. The maximum atomic E-state index is 12.7. The van der Waals surface area contributed by atoms with Gasteiger partial charge in [0, 0.05) is 0 Å². The number of rotatable bonds is 3. The summed E-state index contributed by atoms with van der Waals surface area (Å²) in [6.45, 7) is 0. The Bertz CT molecular complexity index is 644. The highest BCUT2D eigenvalue weighted by Gasteiger charge is 2.66. The van der Waals surface area contributed by atoms with Crippen molar-refractivity contribution in [2.24, 2.45) is 17.8 Å². The Morgan fingerprint density at radius 3 is 1.55 bits per heavy atom. The summed E-state index contributed by atoms with van der Waals surface area (Å²) in [5, 5.41) is 0. The molecule has 2 rings (SSSR count). The Hall–Kier alpha value is -0.780. The summed E-state index contributed by atoms with van der Waals surface area (Å²) >= 11 is 0. The standard InChI is InChI=1S/C10H10F6O4S2/c11-9(12,13)21(17,18)8(22(19,20)10(14,15)16)7-4-5-1-2-6(7)3-5/h1-2,5-8H,3-4H2. The molecular weight excluding hydrogens is 362 g/mol. The molecule has 0 aliphatic heterocycles. The SMILES string of the molecule is O=S(=O)(C(C1CC2C=CC1C2)S(=O)(=O)C(F)(F)F)C(F)(F)F. The molecule has 3 unspecified atom stereocenters. The number of hydrogen-bond donors (Lipinski definition) is 0. The lowest BCUT2D eigenvalue weighted by Crippen LogP contribution is -2.49. The molecule has 12 heteroatoms. The van der Waals surface area contributed by atoms with Crippen LogP contribution in [0.15, 0.2) is 12.2 Å². The van der Waals surface area contributed by atoms with Crippen molar-refractivity contribution in [3.05, 3.63) is 12.2 Å². The van der Waals surface area contributed by atoms with Gasteiger partial charge in [0.05, 0.1) is 0 Å². The molecule has 2 aliphatic rings. The molecule has 0 amide bonds. The van der Waals surface area contributed by atoms with Gasteiger partial charge in [0.2, 0.25) is 0 Å². The van der Waals surface area contributed by atoms with E-state index in [4.69, 9.17) is 0 Å². The molecule has 1 fully saturated rings. The van der Waals surface area contributed by atoms with Gasteiger partial charge in [-0.1, -0.05) is 12.2 Å². The highest BCUT2D eigenvalue weighted by molar-refractivity contribution is 8.09. The molecule has 0 heterocycles. The summed E-state index contributed by atoms with van der Waals surface area (Å²) in [6, 6.07) is 0. The minimum atomic E-state index is -6.53. The molecule has 0 spiro atoms. The van der Waals surface area contributed by atoms with Crippen LogP contribution in [0.1, 0.15) is 12.8 Å². The average molecular weight is 372 g/mol. The van der Waals surface area contributed by atoms with Gasteiger partial charge in [0.1, 0.15) is 0 Å². The Balaban J connectivity index is 2.60. The van der Waals surface area contributed by atoms with E-state index in [1.807, 2.05) is 0 Å². The molecule has 22 heavy (non-hydrogen) atoms. The maximum Gasteiger partial charge on any atom is 0.498 e. The minimum absolute atomic E-state index is 0.155. The smallest absolute Gasteiger partial charge is 0.218 e. The normalized spacial score (nSPS) is 29.5. The summed E-state index contributed by atoms with van der Waals surface area (Å²) in [5.41, 5.74) is -12.2. The molecule has 0 aromatic carbocycles. The first-order valence-electron chi connectivity index (χ1n) is 5.98. The molecule has 0 aromatic rings. The van der Waals surface area contributed by atoms with Crippen molar-refractivity contribution in [3.63, 3.8) is 0 Å². The van der Waals surface area contributed by atoms with E-state index in [2.05, 4.69) is 0 Å². The summed E-state index contributed by atoms with van der Waals surface area (Å²) in [5.74, 6) is -3.08. The Morgan fingerprint density at radius 1 is 0.818 bits per heavy atom. The van der Waals surface area contributed by atoms with Gasteiger partial charge in [-0.3, -0.25) is 0 Å². The summed E-state index contributed by atoms with van der Waals surface area (Å²) < 4.78 is 118. The number of halogens is 6. The van der Waals surface area contributed by atoms with Gasteiger partial charge in [-0.15, -0.1) is 0 Å². The summed E-state index contributed by atoms with van der Waals surface area (Å²) in [7, 11) is -13.1. The van der Waals surface area contributed by atoms with E-state index in [0.717, 1.165) is 0 Å². The molecular formula is C10H10F6O4S2. The first-order chi connectivity index (χ1) is 9.69. The molecule has 1 saturated carbocycles. The van der Waals surface area contributed by atoms with Gasteiger partial charge in [0.25, 0.3) is 19.7 Å². The van der Waals surface area contributed by atoms with Gasteiger partial charge in [-0.25, -0.2) is 16.8 Å². The molecule has 0 saturated heterocycles. The lowest BCUT2D eigenvalue weighted by molar-refractivity contribution is -0.0481. The Labute approximate surface area is 122 Å². The van der Waals surface area contributed by atoms with Crippen LogP contribution in [0.25, 0.3) is 0 Å². The fourth-order valence-corrected chi connectivity index (χ4v) is 7.09. The molecule has 0 radical (unpaired) electrons. The number of allylic oxidation sites excluding steroid dienone is 2. The van der Waals surface area contributed by atoms with Crippen LogP contribution in [0.5, 0.6) is 0 Å². The van der Waals surface area contributed by atoms with E-state index in [1.165, 1.54) is 6.08 Å². The molecule has 0 aromatic heterocycles. The quantitative estimate of drug-likeness (QED) is 0.564. The van der Waals surface area contributed by atoms with Gasteiger partial charge in [-0.2, -0.15) is 26.3 Å². The lowest BCUT2D eigenvalue weighted by atomic mass is 9.95. The number of fused-ring (bicyclic) bond motifs is 2. The lowest BCUT2D eigenvalue weighted by Gasteiger charge is -2.29. The van der Waals surface area contributed by atoms with Crippen LogP contribution in [0.2, 0.25) is 0 Å². The number of hydrogen-bond acceptors (Lipinski definition) is 4. The average Bonchev–Trinajstić information content (AvgIpc) is 2.86. The molecule has 2 bridgehead atoms. The first-order valence-corrected chi connectivity index (χ1v) is 9.07. The van der Waals surface area contributed by atoms with Crippen molar-refractivity contribution in [1.82, 2.24) is 0 Å². The van der Waals surface area contributed by atoms with Crippen LogP contribution in [0, 0.1) is 17.8 Å². The van der Waals surface area contributed by atoms with Gasteiger partial charge in [-0.05, 0) is 30.6 Å². The van der Waals surface area contributed by atoms with E-state index in [-0.39, 0.29) is 12.8 Å². The predicted octanol–water partition coefficient (Wildman–Crippen LogP) is 2.39. The molecule has 4 nitrogen and oxygen atoms in total. The van der Waals surface area contributed by atoms with E-state index < -0.39 is 53.0 Å². The second-order valence-electron chi connectivity index (χ2n) is 5.29. The predicted molar refractivity (Wildman–Crippen MR) is 62.6 cm³/mol. The molecule has 128 valence electrons. The van der Waals surface area contributed by atoms with Crippen molar-refractivity contribution >= 4 is 19.7 Å². The van der Waals surface area contributed by atoms with E-state index in [1.54, 1.807) is 6.08 Å². The monoisotopic (exact) mass is 372 g/mol. The van der Waals surface area contributed by atoms with Gasteiger partial charge in [0.15, 0.2) is 4.58 Å². The van der Waals surface area contributed by atoms with Crippen molar-refractivity contribution in [1.29, 1.82) is 0 Å². The van der Waals surface area contributed by atoms with Crippen LogP contribution in [-0.2, 0) is 19.7 Å². The third kappa shape index (κ3) is 2.53. The van der Waals surface area contributed by atoms with Crippen LogP contribution < -0.4 is 0 Å². The van der Waals surface area contributed by atoms with E-state index in [0.29, 0.717) is 0 Å². The second-order valence-corrected chi connectivity index (χ2v) is 9.71. The van der Waals surface area contributed by atoms with Crippen molar-refractivity contribution in [2.45, 2.75) is 28.4 Å². The Kier molecular flexibility index (Phi) is 3.88. The third-order valence-electron chi connectivity index (χ3n) is 3.94. The number of alkyl halides is 6. The molecule has 3 atom stereocenters. The van der Waals surface area contributed by atoms with Crippen molar-refractivity contribution < 1.29 is 43.2 Å². The van der Waals surface area contributed by atoms with Gasteiger partial charge >= 0.3 is 11.0 Å². The summed E-state index contributed by atoms with van der Waals surface area (Å²) in [4.78, 5) is 0. The van der Waals surface area contributed by atoms with Crippen LogP contribution in [0.4, 0.5) is 26.3 Å². The van der Waals surface area contributed by atoms with E-state index >= 15 is 0 Å². The zero-order valence-electron chi connectivity index (χ0n) is 10.6. The maximum absolute atomic E-state index is 12.7. The highest BCUT2D eigenvalue weighted by atomic mass is 32.3. The fourth-order valence-electron chi connectivity index (χ4n) is 3.03. The topological polar surface area (TPSA) is 68.3 Å². The zero-order chi connectivity index (χ0) is 17.1. The van der Waals surface area contributed by atoms with Crippen LogP contribution in [0.3, 0.4) is 0 Å². The van der Waals surface area contributed by atoms with Crippen molar-refractivity contribution in [2.75, 3.05) is 0 Å². The van der Waals surface area contributed by atoms with E-state index in [9.17, 15) is 43.2 Å². The zero-order valence-corrected chi connectivity index (χ0v) is 12.2. The van der Waals surface area contributed by atoms with Gasteiger partial charge < -0.3 is 0 Å². The second kappa shape index (κ2) is 4.86. The largest absolute Gasteiger partial charge is 0.498 e. The fraction of sp³-hybridized carbons (Fsp3) is 0.800. The highest BCUT2D eigenvalue weighted by Crippen LogP contribution is 2.51. The van der Waals surface area contributed by atoms with Crippen molar-refractivity contribution in [3.8, 4) is 0 Å². The molecule has 2 aliphatic carbocycles. The summed E-state index contributed by atoms with van der Waals surface area (Å²) in [6.07, 6.45) is 2.64. The van der Waals surface area contributed by atoms with Crippen LogP contribution >= 0.6 is 0 Å². The third-order valence-corrected chi connectivity index (χ3v) is 8.67. The van der Waals surface area contributed by atoms with Crippen LogP contribution in [-0.4, -0.2) is 32.4 Å². The minimum Gasteiger partial charge on any atom is -0.218 e.